The minimum absolute atomic E-state index is 0.0429. The van der Waals surface area contributed by atoms with E-state index in [1.165, 1.54) is 4.90 Å². The van der Waals surface area contributed by atoms with Gasteiger partial charge in [-0.15, -0.1) is 0 Å². The van der Waals surface area contributed by atoms with Gasteiger partial charge in [-0.3, -0.25) is 15.1 Å². The van der Waals surface area contributed by atoms with Gasteiger partial charge < -0.3 is 15.7 Å². The molecule has 1 saturated carbocycles. The van der Waals surface area contributed by atoms with Gasteiger partial charge in [0, 0.05) is 16.8 Å². The quantitative estimate of drug-likeness (QED) is 0.551. The molecule has 1 saturated heterocycles. The molecule has 2 aromatic carbocycles. The predicted molar refractivity (Wildman–Crippen MR) is 120 cm³/mol. The van der Waals surface area contributed by atoms with Crippen molar-refractivity contribution in [2.75, 3.05) is 5.32 Å². The molecule has 2 fully saturated rings. The molecular formula is C22H24Cl2N4O2. The molecule has 4 N–H and O–H groups in total. The first-order chi connectivity index (χ1) is 14.1. The highest BCUT2D eigenvalue weighted by molar-refractivity contribution is 6.34. The van der Waals surface area contributed by atoms with Crippen LogP contribution in [0.15, 0.2) is 42.5 Å². The first-order valence-corrected chi connectivity index (χ1v) is 10.6. The zero-order chi connectivity index (χ0) is 21.7. The molecule has 0 aromatic heterocycles. The standard InChI is InChI=1S/C22H24Cl2N4O2/c1-21(30)10-15(11-21)28-18(29)12-22(2,27-20(28)25)16-4-3-5-17(19(16)24)26-14-8-6-13(23)7-9-14/h3-9,15,26,30H,10-12H2,1-2H3,(H2,25,27)/t15-,21+,22-/m0/s1. The Labute approximate surface area is 185 Å². The number of aliphatic hydroxyl groups is 1. The molecule has 0 radical (unpaired) electrons. The number of amides is 1. The number of nitrogens with one attached hydrogen (secondary N) is 3. The predicted octanol–water partition coefficient (Wildman–Crippen LogP) is 4.62. The van der Waals surface area contributed by atoms with Crippen LogP contribution < -0.4 is 10.6 Å². The second-order valence-electron chi connectivity index (χ2n) is 8.60. The Morgan fingerprint density at radius 2 is 1.83 bits per heavy atom. The topological polar surface area (TPSA) is 88.5 Å². The third kappa shape index (κ3) is 3.87. The molecular weight excluding hydrogens is 423 g/mol. The summed E-state index contributed by atoms with van der Waals surface area (Å²) in [6.07, 6.45) is 1.11. The van der Waals surface area contributed by atoms with Crippen molar-refractivity contribution in [3.8, 4) is 0 Å². The van der Waals surface area contributed by atoms with Gasteiger partial charge in [0.1, 0.15) is 0 Å². The summed E-state index contributed by atoms with van der Waals surface area (Å²) in [7, 11) is 0. The molecule has 1 aliphatic carbocycles. The molecule has 2 aromatic rings. The van der Waals surface area contributed by atoms with E-state index >= 15 is 0 Å². The number of nitrogens with zero attached hydrogens (tertiary/aromatic N) is 1. The van der Waals surface area contributed by atoms with Crippen LogP contribution in [0.4, 0.5) is 11.4 Å². The van der Waals surface area contributed by atoms with Crippen LogP contribution in [0.25, 0.3) is 0 Å². The van der Waals surface area contributed by atoms with Gasteiger partial charge in [-0.05, 0) is 62.6 Å². The second-order valence-corrected chi connectivity index (χ2v) is 9.42. The van der Waals surface area contributed by atoms with Crippen LogP contribution in [0.5, 0.6) is 0 Å². The van der Waals surface area contributed by atoms with Gasteiger partial charge in [0.2, 0.25) is 5.91 Å². The first kappa shape index (κ1) is 21.0. The lowest BCUT2D eigenvalue weighted by atomic mass is 9.75. The number of carbonyl (C=O) groups excluding carboxylic acids is 1. The molecule has 1 heterocycles. The molecule has 30 heavy (non-hydrogen) atoms. The van der Waals surface area contributed by atoms with E-state index in [0.29, 0.717) is 28.6 Å². The smallest absolute Gasteiger partial charge is 0.232 e. The largest absolute Gasteiger partial charge is 0.390 e. The maximum Gasteiger partial charge on any atom is 0.232 e. The van der Waals surface area contributed by atoms with Gasteiger partial charge in [0.05, 0.1) is 28.3 Å². The van der Waals surface area contributed by atoms with Crippen LogP contribution >= 0.6 is 23.2 Å². The van der Waals surface area contributed by atoms with Crippen LogP contribution in [-0.2, 0) is 10.3 Å². The summed E-state index contributed by atoms with van der Waals surface area (Å²) >= 11 is 12.7. The summed E-state index contributed by atoms with van der Waals surface area (Å²) in [6.45, 7) is 3.62. The molecule has 0 unspecified atom stereocenters. The van der Waals surface area contributed by atoms with E-state index in [1.54, 1.807) is 19.1 Å². The Kier molecular flexibility index (Phi) is 5.21. The normalized spacial score (nSPS) is 28.7. The van der Waals surface area contributed by atoms with E-state index in [1.807, 2.05) is 37.3 Å². The van der Waals surface area contributed by atoms with Crippen LogP contribution in [0, 0.1) is 5.41 Å². The molecule has 0 spiro atoms. The van der Waals surface area contributed by atoms with Gasteiger partial charge in [-0.25, -0.2) is 0 Å². The van der Waals surface area contributed by atoms with E-state index in [4.69, 9.17) is 28.6 Å². The summed E-state index contributed by atoms with van der Waals surface area (Å²) in [4.78, 5) is 14.4. The SMILES string of the molecule is C[C@@]1(c2cccc(Nc3ccc(Cl)cc3)c2Cl)CC(=O)N([C@H]2C[C@@](C)(O)C2)C(=N)N1. The number of carbonyl (C=O) groups is 1. The number of halogens is 2. The number of rotatable bonds is 4. The van der Waals surface area contributed by atoms with Gasteiger partial charge >= 0.3 is 0 Å². The zero-order valence-corrected chi connectivity index (χ0v) is 18.3. The zero-order valence-electron chi connectivity index (χ0n) is 16.8. The fourth-order valence-corrected chi connectivity index (χ4v) is 4.82. The minimum atomic E-state index is -0.814. The third-order valence-corrected chi connectivity index (χ3v) is 6.50. The third-order valence-electron chi connectivity index (χ3n) is 5.84. The van der Waals surface area contributed by atoms with Crippen molar-refractivity contribution >= 4 is 46.4 Å². The molecule has 1 aliphatic heterocycles. The lowest BCUT2D eigenvalue weighted by molar-refractivity contribution is -0.139. The summed E-state index contributed by atoms with van der Waals surface area (Å²) in [5.74, 6) is -0.102. The first-order valence-electron chi connectivity index (χ1n) is 9.81. The lowest BCUT2D eigenvalue weighted by Gasteiger charge is -2.50. The highest BCUT2D eigenvalue weighted by atomic mass is 35.5. The van der Waals surface area contributed by atoms with Crippen molar-refractivity contribution in [1.29, 1.82) is 5.41 Å². The van der Waals surface area contributed by atoms with E-state index < -0.39 is 11.1 Å². The van der Waals surface area contributed by atoms with E-state index in [-0.39, 0.29) is 24.3 Å². The summed E-state index contributed by atoms with van der Waals surface area (Å²) in [6, 6.07) is 12.7. The molecule has 6 nitrogen and oxygen atoms in total. The average molecular weight is 447 g/mol. The Bertz CT molecular complexity index is 981. The molecule has 0 bridgehead atoms. The number of hydrogen-bond acceptors (Lipinski definition) is 4. The monoisotopic (exact) mass is 446 g/mol. The minimum Gasteiger partial charge on any atom is -0.390 e. The van der Waals surface area contributed by atoms with Crippen LogP contribution in [0.3, 0.4) is 0 Å². The van der Waals surface area contributed by atoms with Crippen molar-refractivity contribution in [3.05, 3.63) is 58.1 Å². The Morgan fingerprint density at radius 3 is 2.43 bits per heavy atom. The maximum atomic E-state index is 13.0. The summed E-state index contributed by atoms with van der Waals surface area (Å²) in [5, 5.41) is 26.0. The number of guanidine groups is 1. The van der Waals surface area contributed by atoms with E-state index in [9.17, 15) is 9.90 Å². The number of benzene rings is 2. The van der Waals surface area contributed by atoms with Gasteiger partial charge in [-0.1, -0.05) is 35.3 Å². The Hall–Kier alpha value is -2.28. The molecule has 4 rings (SSSR count). The lowest BCUT2D eigenvalue weighted by Crippen LogP contribution is -2.66. The van der Waals surface area contributed by atoms with Crippen molar-refractivity contribution in [2.45, 2.75) is 50.3 Å². The van der Waals surface area contributed by atoms with Crippen LogP contribution in [-0.4, -0.2) is 33.5 Å². The molecule has 158 valence electrons. The van der Waals surface area contributed by atoms with Crippen molar-refractivity contribution in [3.63, 3.8) is 0 Å². The second kappa shape index (κ2) is 7.45. The van der Waals surface area contributed by atoms with Crippen molar-refractivity contribution in [2.24, 2.45) is 0 Å². The van der Waals surface area contributed by atoms with E-state index in [2.05, 4.69) is 10.6 Å². The molecule has 1 amide bonds. The summed E-state index contributed by atoms with van der Waals surface area (Å²) < 4.78 is 0. The molecule has 2 aliphatic rings. The van der Waals surface area contributed by atoms with Crippen LogP contribution in [0.2, 0.25) is 10.0 Å². The van der Waals surface area contributed by atoms with E-state index in [0.717, 1.165) is 11.3 Å². The molecule has 8 heteroatoms. The van der Waals surface area contributed by atoms with Crippen molar-refractivity contribution < 1.29 is 9.90 Å². The van der Waals surface area contributed by atoms with Gasteiger partial charge in [0.15, 0.2) is 5.96 Å². The Morgan fingerprint density at radius 1 is 1.17 bits per heavy atom. The maximum absolute atomic E-state index is 13.0. The number of hydrogen-bond donors (Lipinski definition) is 4. The summed E-state index contributed by atoms with van der Waals surface area (Å²) in [5.41, 5.74) is 0.701. The highest BCUT2D eigenvalue weighted by Crippen LogP contribution is 2.41. The number of anilines is 2. The average Bonchev–Trinajstić information content (AvgIpc) is 2.63. The Balaban J connectivity index is 1.57. The van der Waals surface area contributed by atoms with Gasteiger partial charge in [-0.2, -0.15) is 0 Å². The fraction of sp³-hybridized carbons (Fsp3) is 0.364. The van der Waals surface area contributed by atoms with Crippen LogP contribution in [0.1, 0.15) is 38.7 Å². The highest BCUT2D eigenvalue weighted by Gasteiger charge is 2.49. The van der Waals surface area contributed by atoms with Crippen molar-refractivity contribution in [1.82, 2.24) is 10.2 Å². The molecule has 1 atom stereocenters. The fourth-order valence-electron chi connectivity index (χ4n) is 4.31. The van der Waals surface area contributed by atoms with Gasteiger partial charge in [0.25, 0.3) is 0 Å².